The van der Waals surface area contributed by atoms with Gasteiger partial charge in [0.05, 0.1) is 0 Å². The summed E-state index contributed by atoms with van der Waals surface area (Å²) in [5, 5.41) is 0. The maximum Gasteiger partial charge on any atom is 0.298 e. The first-order chi connectivity index (χ1) is 10.8. The van der Waals surface area contributed by atoms with Gasteiger partial charge in [-0.05, 0) is 31.0 Å². The second kappa shape index (κ2) is 5.36. The molecule has 0 amide bonds. The highest BCUT2D eigenvalue weighted by molar-refractivity contribution is 5.75. The van der Waals surface area contributed by atoms with E-state index in [1.54, 1.807) is 24.5 Å². The van der Waals surface area contributed by atoms with Gasteiger partial charge in [0, 0.05) is 31.4 Å². The minimum absolute atomic E-state index is 0.297. The number of para-hydroxylation sites is 1. The molecule has 4 rings (SSSR count). The van der Waals surface area contributed by atoms with Crippen LogP contribution in [0.4, 0.5) is 10.4 Å². The molecule has 1 aliphatic rings. The smallest absolute Gasteiger partial charge is 0.298 e. The molecule has 0 aliphatic carbocycles. The lowest BCUT2D eigenvalue weighted by Crippen LogP contribution is -2.33. The van der Waals surface area contributed by atoms with Crippen molar-refractivity contribution in [2.45, 2.75) is 18.8 Å². The van der Waals surface area contributed by atoms with E-state index in [0.717, 1.165) is 31.8 Å². The van der Waals surface area contributed by atoms with Crippen molar-refractivity contribution in [1.29, 1.82) is 0 Å². The quantitative estimate of drug-likeness (QED) is 0.727. The van der Waals surface area contributed by atoms with Crippen molar-refractivity contribution in [3.63, 3.8) is 0 Å². The maximum atomic E-state index is 13.7. The maximum absolute atomic E-state index is 13.7. The summed E-state index contributed by atoms with van der Waals surface area (Å²) < 4.78 is 19.4. The molecular formula is C16H15FN4O. The largest absolute Gasteiger partial charge is 0.423 e. The van der Waals surface area contributed by atoms with Crippen molar-refractivity contribution in [2.24, 2.45) is 0 Å². The highest BCUT2D eigenvalue weighted by atomic mass is 19.1. The van der Waals surface area contributed by atoms with Gasteiger partial charge in [-0.2, -0.15) is 4.98 Å². The average molecular weight is 298 g/mol. The first kappa shape index (κ1) is 13.2. The average Bonchev–Trinajstić information content (AvgIpc) is 3.02. The van der Waals surface area contributed by atoms with Crippen molar-refractivity contribution in [3.05, 3.63) is 48.3 Å². The van der Waals surface area contributed by atoms with Gasteiger partial charge in [0.15, 0.2) is 11.4 Å². The van der Waals surface area contributed by atoms with Gasteiger partial charge in [-0.3, -0.25) is 0 Å². The van der Waals surface area contributed by atoms with E-state index in [1.165, 1.54) is 6.07 Å². The Morgan fingerprint density at radius 1 is 1.09 bits per heavy atom. The van der Waals surface area contributed by atoms with Gasteiger partial charge in [-0.15, -0.1) is 0 Å². The molecule has 1 saturated heterocycles. The molecule has 0 N–H and O–H groups in total. The summed E-state index contributed by atoms with van der Waals surface area (Å²) in [7, 11) is 0. The Kier molecular flexibility index (Phi) is 3.21. The van der Waals surface area contributed by atoms with E-state index in [1.807, 2.05) is 6.07 Å². The first-order valence-corrected chi connectivity index (χ1v) is 7.38. The predicted octanol–water partition coefficient (Wildman–Crippen LogP) is 3.14. The van der Waals surface area contributed by atoms with Crippen LogP contribution in [0.3, 0.4) is 0 Å². The van der Waals surface area contributed by atoms with Crippen molar-refractivity contribution in [1.82, 2.24) is 15.0 Å². The van der Waals surface area contributed by atoms with Gasteiger partial charge in [0.2, 0.25) is 0 Å². The van der Waals surface area contributed by atoms with Crippen molar-refractivity contribution >= 4 is 17.1 Å². The number of rotatable bonds is 2. The monoisotopic (exact) mass is 298 g/mol. The Bertz CT molecular complexity index is 781. The molecule has 0 bridgehead atoms. The summed E-state index contributed by atoms with van der Waals surface area (Å²) in [6.07, 6.45) is 5.42. The van der Waals surface area contributed by atoms with Crippen LogP contribution < -0.4 is 4.90 Å². The second-order valence-electron chi connectivity index (χ2n) is 5.45. The minimum Gasteiger partial charge on any atom is -0.423 e. The van der Waals surface area contributed by atoms with Gasteiger partial charge in [0.1, 0.15) is 11.3 Å². The topological polar surface area (TPSA) is 55.1 Å². The first-order valence-electron chi connectivity index (χ1n) is 7.38. The zero-order valence-electron chi connectivity index (χ0n) is 11.9. The number of halogens is 1. The Labute approximate surface area is 126 Å². The van der Waals surface area contributed by atoms with Gasteiger partial charge < -0.3 is 9.32 Å². The number of anilines is 1. The number of piperidine rings is 1. The molecule has 22 heavy (non-hydrogen) atoms. The van der Waals surface area contributed by atoms with Crippen molar-refractivity contribution in [2.75, 3.05) is 18.0 Å². The number of aromatic nitrogens is 3. The Morgan fingerprint density at radius 2 is 1.86 bits per heavy atom. The number of benzene rings is 1. The van der Waals surface area contributed by atoms with Crippen LogP contribution in [0.1, 0.15) is 24.6 Å². The van der Waals surface area contributed by atoms with Gasteiger partial charge in [-0.25, -0.2) is 14.4 Å². The van der Waals surface area contributed by atoms with Crippen LogP contribution in [0.5, 0.6) is 0 Å². The Balaban J connectivity index is 1.52. The Hall–Kier alpha value is -2.50. The molecule has 1 fully saturated rings. The van der Waals surface area contributed by atoms with Crippen molar-refractivity contribution in [3.8, 4) is 0 Å². The summed E-state index contributed by atoms with van der Waals surface area (Å²) in [5.41, 5.74) is 0.787. The van der Waals surface area contributed by atoms with Crippen LogP contribution in [-0.2, 0) is 0 Å². The van der Waals surface area contributed by atoms with Crippen LogP contribution >= 0.6 is 0 Å². The van der Waals surface area contributed by atoms with E-state index in [2.05, 4.69) is 19.9 Å². The van der Waals surface area contributed by atoms with Gasteiger partial charge >= 0.3 is 0 Å². The van der Waals surface area contributed by atoms with Gasteiger partial charge in [-0.1, -0.05) is 6.07 Å². The molecule has 0 unspecified atom stereocenters. The molecule has 112 valence electrons. The van der Waals surface area contributed by atoms with E-state index < -0.39 is 0 Å². The van der Waals surface area contributed by atoms with E-state index >= 15 is 0 Å². The third-order valence-corrected chi connectivity index (χ3v) is 4.07. The molecule has 0 radical (unpaired) electrons. The summed E-state index contributed by atoms with van der Waals surface area (Å²) in [5.74, 6) is 0.907. The molecule has 2 aromatic heterocycles. The predicted molar refractivity (Wildman–Crippen MR) is 80.2 cm³/mol. The SMILES string of the molecule is Fc1cccc2oc(N3CCC(c4ncccn4)CC3)nc12. The highest BCUT2D eigenvalue weighted by Crippen LogP contribution is 2.30. The van der Waals surface area contributed by atoms with Crippen molar-refractivity contribution < 1.29 is 8.81 Å². The van der Waals surface area contributed by atoms with Crippen LogP contribution in [0.15, 0.2) is 41.1 Å². The summed E-state index contributed by atoms with van der Waals surface area (Å²) >= 11 is 0. The summed E-state index contributed by atoms with van der Waals surface area (Å²) in [4.78, 5) is 15.0. The highest BCUT2D eigenvalue weighted by Gasteiger charge is 2.25. The summed E-state index contributed by atoms with van der Waals surface area (Å²) in [6, 6.07) is 7.08. The lowest BCUT2D eigenvalue weighted by atomic mass is 9.96. The van der Waals surface area contributed by atoms with Crippen LogP contribution in [0.25, 0.3) is 11.1 Å². The Morgan fingerprint density at radius 3 is 2.59 bits per heavy atom. The zero-order chi connectivity index (χ0) is 14.9. The van der Waals surface area contributed by atoms with E-state index in [4.69, 9.17) is 4.42 Å². The van der Waals surface area contributed by atoms with Gasteiger partial charge in [0.25, 0.3) is 6.01 Å². The van der Waals surface area contributed by atoms with Crippen LogP contribution in [0, 0.1) is 5.82 Å². The van der Waals surface area contributed by atoms with Crippen LogP contribution in [0.2, 0.25) is 0 Å². The number of nitrogens with zero attached hydrogens (tertiary/aromatic N) is 4. The molecule has 0 atom stereocenters. The number of fused-ring (bicyclic) bond motifs is 1. The fourth-order valence-electron chi connectivity index (χ4n) is 2.89. The minimum atomic E-state index is -0.347. The summed E-state index contributed by atoms with van der Waals surface area (Å²) in [6.45, 7) is 1.61. The molecule has 0 spiro atoms. The van der Waals surface area contributed by atoms with E-state index in [0.29, 0.717) is 23.0 Å². The molecular weight excluding hydrogens is 283 g/mol. The number of hydrogen-bond donors (Lipinski definition) is 0. The molecule has 1 aromatic carbocycles. The fourth-order valence-corrected chi connectivity index (χ4v) is 2.89. The molecule has 5 nitrogen and oxygen atoms in total. The normalized spacial score (nSPS) is 16.3. The van der Waals surface area contributed by atoms with Crippen LogP contribution in [-0.4, -0.2) is 28.0 Å². The number of oxazole rings is 1. The van der Waals surface area contributed by atoms with E-state index in [-0.39, 0.29) is 5.82 Å². The second-order valence-corrected chi connectivity index (χ2v) is 5.45. The third kappa shape index (κ3) is 2.30. The molecule has 0 saturated carbocycles. The standard InChI is InChI=1S/C16H15FN4O/c17-12-3-1-4-13-14(12)20-16(22-13)21-9-5-11(6-10-21)15-18-7-2-8-19-15/h1-4,7-8,11H,5-6,9-10H2. The molecule has 6 heteroatoms. The van der Waals surface area contributed by atoms with E-state index in [9.17, 15) is 4.39 Å². The lowest BCUT2D eigenvalue weighted by molar-refractivity contribution is 0.455. The number of hydrogen-bond acceptors (Lipinski definition) is 5. The lowest BCUT2D eigenvalue weighted by Gasteiger charge is -2.29. The molecule has 1 aliphatic heterocycles. The third-order valence-electron chi connectivity index (χ3n) is 4.07. The molecule has 3 aromatic rings. The zero-order valence-corrected chi connectivity index (χ0v) is 11.9. The molecule has 3 heterocycles. The fraction of sp³-hybridized carbons (Fsp3) is 0.312.